The number of imidazole rings is 1. The van der Waals surface area contributed by atoms with Crippen LogP contribution in [0.15, 0.2) is 67.1 Å². The lowest BCUT2D eigenvalue weighted by atomic mass is 10.3. The third kappa shape index (κ3) is 2.97. The second kappa shape index (κ2) is 6.16. The van der Waals surface area contributed by atoms with Crippen LogP contribution in [0, 0.1) is 6.92 Å². The smallest absolute Gasteiger partial charge is 0.274 e. The lowest BCUT2D eigenvalue weighted by Gasteiger charge is -2.07. The summed E-state index contributed by atoms with van der Waals surface area (Å²) in [6.07, 6.45) is 3.36. The van der Waals surface area contributed by atoms with Crippen LogP contribution in [0.5, 0.6) is 0 Å². The van der Waals surface area contributed by atoms with Crippen molar-refractivity contribution in [1.82, 2.24) is 19.5 Å². The molecule has 4 aromatic rings. The molecule has 0 radical (unpaired) electrons. The number of anilines is 1. The number of carbonyl (C=O) groups is 1. The molecule has 0 saturated carbocycles. The van der Waals surface area contributed by atoms with Crippen molar-refractivity contribution < 1.29 is 4.79 Å². The molecule has 1 N–H and O–H groups in total. The van der Waals surface area contributed by atoms with Crippen LogP contribution in [0.3, 0.4) is 0 Å². The molecule has 0 fully saturated rings. The first-order chi connectivity index (χ1) is 12.2. The summed E-state index contributed by atoms with van der Waals surface area (Å²) in [4.78, 5) is 25.2. The molecule has 3 heterocycles. The van der Waals surface area contributed by atoms with Crippen LogP contribution in [0.25, 0.3) is 16.9 Å². The highest BCUT2D eigenvalue weighted by atomic mass is 16.1. The Hall–Kier alpha value is -3.54. The van der Waals surface area contributed by atoms with Crippen molar-refractivity contribution >= 4 is 22.6 Å². The SMILES string of the molecule is Cc1cccc(C(=O)Nc2ccc(-n3cnc4ccccc43)nc2)n1. The molecule has 6 heteroatoms. The molecule has 4 rings (SSSR count). The number of fused-ring (bicyclic) bond motifs is 1. The number of aromatic nitrogens is 4. The Morgan fingerprint density at radius 1 is 1.00 bits per heavy atom. The number of rotatable bonds is 3. The summed E-state index contributed by atoms with van der Waals surface area (Å²) in [6.45, 7) is 1.85. The standard InChI is InChI=1S/C19H15N5O/c1-13-5-4-7-16(22-13)19(25)23-14-9-10-18(20-11-14)24-12-21-15-6-2-3-8-17(15)24/h2-12H,1H3,(H,23,25). The number of aryl methyl sites for hydroxylation is 1. The molecule has 0 aliphatic carbocycles. The summed E-state index contributed by atoms with van der Waals surface area (Å²) >= 11 is 0. The molecule has 3 aromatic heterocycles. The lowest BCUT2D eigenvalue weighted by molar-refractivity contribution is 0.102. The number of nitrogens with one attached hydrogen (secondary N) is 1. The van der Waals surface area contributed by atoms with E-state index in [1.54, 1.807) is 18.6 Å². The van der Waals surface area contributed by atoms with Crippen molar-refractivity contribution in [3.8, 4) is 5.82 Å². The third-order valence-electron chi connectivity index (χ3n) is 3.83. The fraction of sp³-hybridized carbons (Fsp3) is 0.0526. The predicted octanol–water partition coefficient (Wildman–Crippen LogP) is 3.38. The molecule has 0 unspecified atom stereocenters. The highest BCUT2D eigenvalue weighted by Gasteiger charge is 2.09. The fourth-order valence-electron chi connectivity index (χ4n) is 2.61. The van der Waals surface area contributed by atoms with E-state index in [4.69, 9.17) is 0 Å². The minimum absolute atomic E-state index is 0.258. The van der Waals surface area contributed by atoms with Crippen molar-refractivity contribution in [2.75, 3.05) is 5.32 Å². The Morgan fingerprint density at radius 2 is 1.88 bits per heavy atom. The van der Waals surface area contributed by atoms with Crippen LogP contribution in [0.1, 0.15) is 16.2 Å². The third-order valence-corrected chi connectivity index (χ3v) is 3.83. The van der Waals surface area contributed by atoms with Crippen molar-refractivity contribution in [2.45, 2.75) is 6.92 Å². The van der Waals surface area contributed by atoms with Gasteiger partial charge in [0.25, 0.3) is 5.91 Å². The zero-order valence-corrected chi connectivity index (χ0v) is 13.5. The van der Waals surface area contributed by atoms with Gasteiger partial charge in [-0.15, -0.1) is 0 Å². The molecule has 1 amide bonds. The summed E-state index contributed by atoms with van der Waals surface area (Å²) in [7, 11) is 0. The van der Waals surface area contributed by atoms with E-state index >= 15 is 0 Å². The van der Waals surface area contributed by atoms with Crippen LogP contribution in [-0.2, 0) is 0 Å². The monoisotopic (exact) mass is 329 g/mol. The van der Waals surface area contributed by atoms with Crippen LogP contribution < -0.4 is 5.32 Å². The van der Waals surface area contributed by atoms with Crippen molar-refractivity contribution in [3.63, 3.8) is 0 Å². The van der Waals surface area contributed by atoms with Crippen molar-refractivity contribution in [2.24, 2.45) is 0 Å². The van der Waals surface area contributed by atoms with Gasteiger partial charge in [-0.05, 0) is 43.3 Å². The normalized spacial score (nSPS) is 10.8. The van der Waals surface area contributed by atoms with E-state index in [-0.39, 0.29) is 5.91 Å². The lowest BCUT2D eigenvalue weighted by Crippen LogP contribution is -2.14. The number of benzene rings is 1. The fourth-order valence-corrected chi connectivity index (χ4v) is 2.61. The van der Waals surface area contributed by atoms with Gasteiger partial charge in [0, 0.05) is 5.69 Å². The first-order valence-electron chi connectivity index (χ1n) is 7.84. The maximum Gasteiger partial charge on any atom is 0.274 e. The summed E-state index contributed by atoms with van der Waals surface area (Å²) in [5.74, 6) is 0.478. The second-order valence-electron chi connectivity index (χ2n) is 5.63. The van der Waals surface area contributed by atoms with Gasteiger partial charge in [-0.1, -0.05) is 18.2 Å². The summed E-state index contributed by atoms with van der Waals surface area (Å²) < 4.78 is 1.91. The number of nitrogens with zero attached hydrogens (tertiary/aromatic N) is 4. The van der Waals surface area contributed by atoms with Crippen LogP contribution in [-0.4, -0.2) is 25.4 Å². The number of carbonyl (C=O) groups excluding carboxylic acids is 1. The minimum atomic E-state index is -0.258. The van der Waals surface area contributed by atoms with Crippen LogP contribution in [0.4, 0.5) is 5.69 Å². The quantitative estimate of drug-likeness (QED) is 0.625. The average Bonchev–Trinajstić information content (AvgIpc) is 3.06. The molecule has 0 bridgehead atoms. The number of amides is 1. The van der Waals surface area contributed by atoms with Crippen LogP contribution >= 0.6 is 0 Å². The van der Waals surface area contributed by atoms with E-state index in [2.05, 4.69) is 20.3 Å². The highest BCUT2D eigenvalue weighted by molar-refractivity contribution is 6.02. The largest absolute Gasteiger partial charge is 0.319 e. The highest BCUT2D eigenvalue weighted by Crippen LogP contribution is 2.17. The van der Waals surface area contributed by atoms with Gasteiger partial charge in [0.1, 0.15) is 17.8 Å². The molecule has 0 atom stereocenters. The Balaban J connectivity index is 1.57. The number of para-hydroxylation sites is 2. The van der Waals surface area contributed by atoms with Gasteiger partial charge in [-0.25, -0.2) is 15.0 Å². The first-order valence-corrected chi connectivity index (χ1v) is 7.84. The first kappa shape index (κ1) is 15.0. The molecule has 0 spiro atoms. The van der Waals surface area contributed by atoms with E-state index in [0.717, 1.165) is 22.5 Å². The topological polar surface area (TPSA) is 72.7 Å². The summed E-state index contributed by atoms with van der Waals surface area (Å²) in [6, 6.07) is 16.8. The zero-order valence-electron chi connectivity index (χ0n) is 13.5. The van der Waals surface area contributed by atoms with Gasteiger partial charge in [0.2, 0.25) is 0 Å². The molecular formula is C19H15N5O. The summed E-state index contributed by atoms with van der Waals surface area (Å²) in [5, 5.41) is 2.81. The molecule has 25 heavy (non-hydrogen) atoms. The average molecular weight is 329 g/mol. The van der Waals surface area contributed by atoms with Gasteiger partial charge < -0.3 is 5.32 Å². The maximum atomic E-state index is 12.2. The summed E-state index contributed by atoms with van der Waals surface area (Å²) in [5.41, 5.74) is 3.68. The Kier molecular flexibility index (Phi) is 3.70. The maximum absolute atomic E-state index is 12.2. The van der Waals surface area contributed by atoms with Gasteiger partial charge in [0.05, 0.1) is 22.9 Å². The van der Waals surface area contributed by atoms with Crippen molar-refractivity contribution in [1.29, 1.82) is 0 Å². The number of hydrogen-bond donors (Lipinski definition) is 1. The van der Waals surface area contributed by atoms with E-state index in [1.165, 1.54) is 0 Å². The van der Waals surface area contributed by atoms with Crippen LogP contribution in [0.2, 0.25) is 0 Å². The Bertz CT molecular complexity index is 1050. The Labute approximate surface area is 144 Å². The minimum Gasteiger partial charge on any atom is -0.319 e. The van der Waals surface area contributed by atoms with Crippen molar-refractivity contribution in [3.05, 3.63) is 78.5 Å². The number of hydrogen-bond acceptors (Lipinski definition) is 4. The second-order valence-corrected chi connectivity index (χ2v) is 5.63. The molecule has 6 nitrogen and oxygen atoms in total. The molecule has 1 aromatic carbocycles. The molecule has 0 saturated heterocycles. The van der Waals surface area contributed by atoms with Gasteiger partial charge in [-0.3, -0.25) is 9.36 Å². The van der Waals surface area contributed by atoms with Gasteiger partial charge >= 0.3 is 0 Å². The zero-order chi connectivity index (χ0) is 17.2. The Morgan fingerprint density at radius 3 is 2.68 bits per heavy atom. The van der Waals surface area contributed by atoms with E-state index in [0.29, 0.717) is 11.4 Å². The van der Waals surface area contributed by atoms with Gasteiger partial charge in [0.15, 0.2) is 0 Å². The van der Waals surface area contributed by atoms with E-state index < -0.39 is 0 Å². The van der Waals surface area contributed by atoms with E-state index in [9.17, 15) is 4.79 Å². The molecular weight excluding hydrogens is 314 g/mol. The molecule has 0 aliphatic heterocycles. The number of pyridine rings is 2. The molecule has 0 aliphatic rings. The van der Waals surface area contributed by atoms with E-state index in [1.807, 2.05) is 60.0 Å². The molecule has 122 valence electrons. The van der Waals surface area contributed by atoms with Gasteiger partial charge in [-0.2, -0.15) is 0 Å². The predicted molar refractivity (Wildman–Crippen MR) is 95.8 cm³/mol.